The molecule has 0 radical (unpaired) electrons. The van der Waals surface area contributed by atoms with Gasteiger partial charge in [0.2, 0.25) is 0 Å². The van der Waals surface area contributed by atoms with Gasteiger partial charge in [-0.3, -0.25) is 0 Å². The third-order valence-corrected chi connectivity index (χ3v) is 9.69. The van der Waals surface area contributed by atoms with Crippen LogP contribution in [0.5, 0.6) is 0 Å². The van der Waals surface area contributed by atoms with Crippen molar-refractivity contribution in [1.82, 2.24) is 14.5 Å². The number of thiocarbonyl (C=S) groups is 1. The molecule has 0 spiro atoms. The number of nitrogens with zero attached hydrogens (tertiary/aromatic N) is 2. The summed E-state index contributed by atoms with van der Waals surface area (Å²) in [5.74, 6) is 1.65. The van der Waals surface area contributed by atoms with Crippen molar-refractivity contribution in [2.24, 2.45) is 11.8 Å². The molecular formula is C16H22ClN3O2S3. The predicted octanol–water partition coefficient (Wildman–Crippen LogP) is 2.77. The third-order valence-electron chi connectivity index (χ3n) is 5.72. The molecular weight excluding hydrogens is 398 g/mol. The first kappa shape index (κ1) is 18.0. The van der Waals surface area contributed by atoms with Gasteiger partial charge in [0.25, 0.3) is 10.0 Å². The molecule has 138 valence electrons. The number of rotatable bonds is 3. The monoisotopic (exact) mass is 419 g/mol. The van der Waals surface area contributed by atoms with E-state index in [1.165, 1.54) is 30.0 Å². The predicted molar refractivity (Wildman–Crippen MR) is 105 cm³/mol. The van der Waals surface area contributed by atoms with Gasteiger partial charge in [0.05, 0.1) is 4.34 Å². The molecule has 1 aromatic rings. The zero-order chi connectivity index (χ0) is 17.6. The molecule has 1 aromatic heterocycles. The molecule has 1 aliphatic heterocycles. The fourth-order valence-electron chi connectivity index (χ4n) is 4.37. The Hall–Kier alpha value is -0.410. The Balaban J connectivity index is 1.33. The highest BCUT2D eigenvalue weighted by atomic mass is 35.5. The molecule has 25 heavy (non-hydrogen) atoms. The summed E-state index contributed by atoms with van der Waals surface area (Å²) in [4.78, 5) is 2.11. The maximum Gasteiger partial charge on any atom is 0.252 e. The van der Waals surface area contributed by atoms with Crippen LogP contribution in [0.4, 0.5) is 0 Å². The Morgan fingerprint density at radius 3 is 2.52 bits per heavy atom. The van der Waals surface area contributed by atoms with Gasteiger partial charge in [0.1, 0.15) is 4.21 Å². The topological polar surface area (TPSA) is 52.7 Å². The number of sulfonamides is 1. The zero-order valence-electron chi connectivity index (χ0n) is 13.9. The summed E-state index contributed by atoms with van der Waals surface area (Å²) in [5, 5.41) is 4.33. The molecule has 2 heterocycles. The van der Waals surface area contributed by atoms with E-state index in [1.807, 2.05) is 0 Å². The summed E-state index contributed by atoms with van der Waals surface area (Å²) in [7, 11) is -3.44. The van der Waals surface area contributed by atoms with E-state index in [4.69, 9.17) is 23.8 Å². The van der Waals surface area contributed by atoms with Crippen molar-refractivity contribution in [3.63, 3.8) is 0 Å². The average Bonchev–Trinajstić information content (AvgIpc) is 3.32. The van der Waals surface area contributed by atoms with E-state index in [0.717, 1.165) is 28.3 Å². The van der Waals surface area contributed by atoms with Gasteiger partial charge < -0.3 is 10.2 Å². The van der Waals surface area contributed by atoms with E-state index in [-0.39, 0.29) is 0 Å². The summed E-state index contributed by atoms with van der Waals surface area (Å²) in [6.07, 6.45) is 5.27. The molecule has 9 heteroatoms. The van der Waals surface area contributed by atoms with Gasteiger partial charge in [-0.2, -0.15) is 4.31 Å². The summed E-state index contributed by atoms with van der Waals surface area (Å²) in [6.45, 7) is 2.17. The number of fused-ring (bicyclic) bond motifs is 2. The molecule has 2 aliphatic carbocycles. The van der Waals surface area contributed by atoms with Crippen LogP contribution in [0.3, 0.4) is 0 Å². The highest BCUT2D eigenvalue weighted by Gasteiger charge is 2.40. The molecule has 3 unspecified atom stereocenters. The maximum absolute atomic E-state index is 12.7. The van der Waals surface area contributed by atoms with Crippen molar-refractivity contribution < 1.29 is 8.42 Å². The van der Waals surface area contributed by atoms with Crippen molar-refractivity contribution in [1.29, 1.82) is 0 Å². The number of halogens is 1. The number of hydrogen-bond donors (Lipinski definition) is 1. The minimum atomic E-state index is -3.44. The van der Waals surface area contributed by atoms with E-state index in [2.05, 4.69) is 10.2 Å². The standard InChI is InChI=1S/C16H22ClN3O2S3/c17-14-3-4-15(24-14)25(21,22)20-7-5-19(6-8-20)16(23)18-13-10-11-1-2-12(13)9-11/h3-4,11-13H,1-2,5-10H2,(H,18,23). The molecule has 0 aromatic carbocycles. The van der Waals surface area contributed by atoms with Gasteiger partial charge in [0.15, 0.2) is 5.11 Å². The Morgan fingerprint density at radius 1 is 1.20 bits per heavy atom. The quantitative estimate of drug-likeness (QED) is 0.763. The summed E-state index contributed by atoms with van der Waals surface area (Å²) >= 11 is 12.6. The number of nitrogens with one attached hydrogen (secondary N) is 1. The van der Waals surface area contributed by atoms with Gasteiger partial charge in [-0.25, -0.2) is 8.42 Å². The normalized spacial score (nSPS) is 30.0. The molecule has 2 saturated carbocycles. The van der Waals surface area contributed by atoms with Crippen LogP contribution in [-0.2, 0) is 10.0 Å². The molecule has 3 fully saturated rings. The largest absolute Gasteiger partial charge is 0.360 e. The Morgan fingerprint density at radius 2 is 1.96 bits per heavy atom. The first-order chi connectivity index (χ1) is 11.9. The van der Waals surface area contributed by atoms with Gasteiger partial charge in [0, 0.05) is 32.2 Å². The van der Waals surface area contributed by atoms with Crippen LogP contribution in [0.1, 0.15) is 25.7 Å². The lowest BCUT2D eigenvalue weighted by molar-refractivity contribution is 0.259. The molecule has 2 bridgehead atoms. The molecule has 3 atom stereocenters. The van der Waals surface area contributed by atoms with Crippen LogP contribution in [0, 0.1) is 11.8 Å². The van der Waals surface area contributed by atoms with Crippen molar-refractivity contribution in [3.8, 4) is 0 Å². The summed E-state index contributed by atoms with van der Waals surface area (Å²) in [6, 6.07) is 3.72. The van der Waals surface area contributed by atoms with Crippen molar-refractivity contribution in [3.05, 3.63) is 16.5 Å². The third kappa shape index (κ3) is 3.56. The van der Waals surface area contributed by atoms with Crippen molar-refractivity contribution >= 4 is 50.3 Å². The lowest BCUT2D eigenvalue weighted by Gasteiger charge is -2.37. The van der Waals surface area contributed by atoms with Crippen LogP contribution < -0.4 is 5.32 Å². The lowest BCUT2D eigenvalue weighted by atomic mass is 9.95. The Kier molecular flexibility index (Phi) is 5.00. The van der Waals surface area contributed by atoms with E-state index < -0.39 is 10.0 Å². The highest BCUT2D eigenvalue weighted by molar-refractivity contribution is 7.91. The Bertz CT molecular complexity index is 758. The SMILES string of the molecule is O=S(=O)(c1ccc(Cl)s1)N1CCN(C(=S)NC2CC3CCC2C3)CC1. The van der Waals surface area contributed by atoms with Crippen LogP contribution >= 0.6 is 35.2 Å². The fraction of sp³-hybridized carbons (Fsp3) is 0.688. The van der Waals surface area contributed by atoms with Crippen LogP contribution in [-0.4, -0.2) is 55.0 Å². The number of piperazine rings is 1. The molecule has 3 aliphatic rings. The molecule has 4 rings (SSSR count). The summed E-state index contributed by atoms with van der Waals surface area (Å²) in [5.41, 5.74) is 0. The molecule has 1 saturated heterocycles. The maximum atomic E-state index is 12.7. The first-order valence-corrected chi connectivity index (χ1v) is 11.8. The van der Waals surface area contributed by atoms with E-state index >= 15 is 0 Å². The lowest BCUT2D eigenvalue weighted by Crippen LogP contribution is -2.54. The van der Waals surface area contributed by atoms with Gasteiger partial charge in [-0.1, -0.05) is 18.0 Å². The van der Waals surface area contributed by atoms with Gasteiger partial charge >= 0.3 is 0 Å². The smallest absolute Gasteiger partial charge is 0.252 e. The molecule has 0 amide bonds. The van der Waals surface area contributed by atoms with Crippen molar-refractivity contribution in [2.75, 3.05) is 26.2 Å². The van der Waals surface area contributed by atoms with Crippen LogP contribution in [0.25, 0.3) is 0 Å². The second-order valence-electron chi connectivity index (χ2n) is 7.18. The first-order valence-electron chi connectivity index (χ1n) is 8.74. The van der Waals surface area contributed by atoms with E-state index in [0.29, 0.717) is 40.8 Å². The summed E-state index contributed by atoms with van der Waals surface area (Å²) < 4.78 is 27.6. The minimum absolute atomic E-state index is 0.314. The van der Waals surface area contributed by atoms with Crippen LogP contribution in [0.15, 0.2) is 16.3 Å². The highest BCUT2D eigenvalue weighted by Crippen LogP contribution is 2.44. The second-order valence-corrected chi connectivity index (χ2v) is 11.4. The number of hydrogen-bond acceptors (Lipinski definition) is 4. The molecule has 1 N–H and O–H groups in total. The van der Waals surface area contributed by atoms with Crippen molar-refractivity contribution in [2.45, 2.75) is 35.9 Å². The number of thiophene rings is 1. The Labute approximate surface area is 163 Å². The second kappa shape index (κ2) is 6.96. The van der Waals surface area contributed by atoms with E-state index in [9.17, 15) is 8.42 Å². The average molecular weight is 420 g/mol. The van der Waals surface area contributed by atoms with Gasteiger partial charge in [-0.05, 0) is 55.4 Å². The molecule has 5 nitrogen and oxygen atoms in total. The van der Waals surface area contributed by atoms with Crippen LogP contribution in [0.2, 0.25) is 4.34 Å². The zero-order valence-corrected chi connectivity index (χ0v) is 17.1. The fourth-order valence-corrected chi connectivity index (χ4v) is 7.76. The minimum Gasteiger partial charge on any atom is -0.360 e. The van der Waals surface area contributed by atoms with Gasteiger partial charge in [-0.15, -0.1) is 11.3 Å². The van der Waals surface area contributed by atoms with E-state index in [1.54, 1.807) is 12.1 Å².